The minimum atomic E-state index is 0.651. The second kappa shape index (κ2) is 5.85. The number of nitrogens with one attached hydrogen (secondary N) is 1. The highest BCUT2D eigenvalue weighted by Crippen LogP contribution is 2.26. The van der Waals surface area contributed by atoms with Crippen LogP contribution in [-0.2, 0) is 0 Å². The topological polar surface area (TPSA) is 70.8 Å². The van der Waals surface area contributed by atoms with Crippen molar-refractivity contribution in [3.8, 4) is 11.4 Å². The van der Waals surface area contributed by atoms with E-state index in [-0.39, 0.29) is 0 Å². The van der Waals surface area contributed by atoms with Crippen molar-refractivity contribution in [2.45, 2.75) is 26.7 Å². The average Bonchev–Trinajstić information content (AvgIpc) is 2.97. The second-order valence-corrected chi connectivity index (χ2v) is 5.92. The van der Waals surface area contributed by atoms with Gasteiger partial charge in [-0.05, 0) is 50.3 Å². The van der Waals surface area contributed by atoms with E-state index in [9.17, 15) is 0 Å². The van der Waals surface area contributed by atoms with Crippen LogP contribution in [0.1, 0.15) is 24.0 Å². The lowest BCUT2D eigenvalue weighted by molar-refractivity contribution is 0.411. The molecule has 3 rings (SSSR count). The summed E-state index contributed by atoms with van der Waals surface area (Å²) in [7, 11) is 0. The van der Waals surface area contributed by atoms with Gasteiger partial charge in [-0.25, -0.2) is 0 Å². The number of anilines is 1. The van der Waals surface area contributed by atoms with E-state index in [1.54, 1.807) is 0 Å². The molecule has 1 aromatic carbocycles. The van der Waals surface area contributed by atoms with E-state index >= 15 is 0 Å². The lowest BCUT2D eigenvalue weighted by Crippen LogP contribution is -2.36. The van der Waals surface area contributed by atoms with Gasteiger partial charge in [0.2, 0.25) is 5.95 Å². The maximum atomic E-state index is 5.74. The quantitative estimate of drug-likeness (QED) is 0.907. The van der Waals surface area contributed by atoms with Gasteiger partial charge in [-0.2, -0.15) is 4.98 Å². The summed E-state index contributed by atoms with van der Waals surface area (Å²) in [5.74, 6) is 2.32. The predicted octanol–water partition coefficient (Wildman–Crippen LogP) is 2.26. The Morgan fingerprint density at radius 1 is 1.24 bits per heavy atom. The molecule has 1 aromatic heterocycles. The van der Waals surface area contributed by atoms with E-state index in [0.717, 1.165) is 49.8 Å². The maximum absolute atomic E-state index is 5.74. The van der Waals surface area contributed by atoms with Crippen molar-refractivity contribution >= 4 is 5.95 Å². The van der Waals surface area contributed by atoms with Crippen LogP contribution in [0.5, 0.6) is 0 Å². The molecule has 1 aliphatic rings. The molecule has 2 heterocycles. The Kier molecular flexibility index (Phi) is 3.92. The zero-order valence-electron chi connectivity index (χ0n) is 12.8. The number of piperidine rings is 1. The molecule has 0 amide bonds. The van der Waals surface area contributed by atoms with Gasteiger partial charge in [0.05, 0.1) is 0 Å². The van der Waals surface area contributed by atoms with Crippen LogP contribution in [0.2, 0.25) is 0 Å². The predicted molar refractivity (Wildman–Crippen MR) is 85.3 cm³/mol. The minimum absolute atomic E-state index is 0.651. The summed E-state index contributed by atoms with van der Waals surface area (Å²) in [4.78, 5) is 6.95. The first-order valence-corrected chi connectivity index (χ1v) is 7.63. The van der Waals surface area contributed by atoms with Gasteiger partial charge in [-0.15, -0.1) is 5.10 Å². The van der Waals surface area contributed by atoms with Crippen molar-refractivity contribution in [3.05, 3.63) is 29.3 Å². The van der Waals surface area contributed by atoms with Crippen molar-refractivity contribution in [2.75, 3.05) is 24.5 Å². The summed E-state index contributed by atoms with van der Waals surface area (Å²) in [6.07, 6.45) is 2.26. The molecule has 0 saturated carbocycles. The normalized spacial score (nSPS) is 16.4. The molecular weight excluding hydrogens is 262 g/mol. The molecule has 0 atom stereocenters. The van der Waals surface area contributed by atoms with Gasteiger partial charge < -0.3 is 10.6 Å². The van der Waals surface area contributed by atoms with Gasteiger partial charge in [0.1, 0.15) is 0 Å². The molecule has 0 aliphatic carbocycles. The van der Waals surface area contributed by atoms with Gasteiger partial charge in [-0.3, -0.25) is 5.10 Å². The highest BCUT2D eigenvalue weighted by molar-refractivity contribution is 5.65. The second-order valence-electron chi connectivity index (χ2n) is 5.92. The molecule has 1 aliphatic heterocycles. The SMILES string of the molecule is Cc1cccc(C)c1-c1nc(N2CCC(CN)CC2)n[nH]1. The lowest BCUT2D eigenvalue weighted by Gasteiger charge is -2.30. The molecule has 0 spiro atoms. The van der Waals surface area contributed by atoms with Gasteiger partial charge in [-0.1, -0.05) is 18.2 Å². The van der Waals surface area contributed by atoms with Crippen LogP contribution in [0.3, 0.4) is 0 Å². The van der Waals surface area contributed by atoms with Gasteiger partial charge >= 0.3 is 0 Å². The molecule has 1 fully saturated rings. The number of rotatable bonds is 3. The molecule has 3 N–H and O–H groups in total. The van der Waals surface area contributed by atoms with Crippen molar-refractivity contribution in [1.29, 1.82) is 0 Å². The van der Waals surface area contributed by atoms with Crippen molar-refractivity contribution < 1.29 is 0 Å². The first-order valence-electron chi connectivity index (χ1n) is 7.63. The summed E-state index contributed by atoms with van der Waals surface area (Å²) < 4.78 is 0. The maximum Gasteiger partial charge on any atom is 0.245 e. The summed E-state index contributed by atoms with van der Waals surface area (Å²) in [5, 5.41) is 7.51. The molecule has 2 aromatic rings. The van der Waals surface area contributed by atoms with Gasteiger partial charge in [0, 0.05) is 18.7 Å². The Bertz CT molecular complexity index is 591. The van der Waals surface area contributed by atoms with Crippen molar-refractivity contribution in [1.82, 2.24) is 15.2 Å². The third kappa shape index (κ3) is 2.78. The lowest BCUT2D eigenvalue weighted by atomic mass is 9.97. The Morgan fingerprint density at radius 3 is 2.52 bits per heavy atom. The third-order valence-electron chi connectivity index (χ3n) is 4.42. The zero-order valence-corrected chi connectivity index (χ0v) is 12.8. The number of H-pyrrole nitrogens is 1. The summed E-state index contributed by atoms with van der Waals surface area (Å²) in [6, 6.07) is 6.29. The minimum Gasteiger partial charge on any atom is -0.340 e. The number of hydrogen-bond acceptors (Lipinski definition) is 4. The van der Waals surface area contributed by atoms with Gasteiger partial charge in [0.25, 0.3) is 0 Å². The molecule has 1 saturated heterocycles. The van der Waals surface area contributed by atoms with E-state index < -0.39 is 0 Å². The number of nitrogens with two attached hydrogens (primary N) is 1. The van der Waals surface area contributed by atoms with E-state index in [2.05, 4.69) is 47.1 Å². The molecule has 0 radical (unpaired) electrons. The Morgan fingerprint density at radius 2 is 1.90 bits per heavy atom. The number of benzene rings is 1. The fourth-order valence-corrected chi connectivity index (χ4v) is 3.06. The smallest absolute Gasteiger partial charge is 0.245 e. The van der Waals surface area contributed by atoms with Gasteiger partial charge in [0.15, 0.2) is 5.82 Å². The average molecular weight is 285 g/mol. The van der Waals surface area contributed by atoms with Crippen LogP contribution >= 0.6 is 0 Å². The Hall–Kier alpha value is -1.88. The Labute approximate surface area is 125 Å². The van der Waals surface area contributed by atoms with Crippen LogP contribution in [0.4, 0.5) is 5.95 Å². The van der Waals surface area contributed by atoms with E-state index in [1.807, 2.05) is 0 Å². The van der Waals surface area contributed by atoms with E-state index in [1.165, 1.54) is 11.1 Å². The summed E-state index contributed by atoms with van der Waals surface area (Å²) >= 11 is 0. The number of nitrogens with zero attached hydrogens (tertiary/aromatic N) is 3. The fraction of sp³-hybridized carbons (Fsp3) is 0.500. The van der Waals surface area contributed by atoms with Crippen LogP contribution in [-0.4, -0.2) is 34.8 Å². The zero-order chi connectivity index (χ0) is 14.8. The van der Waals surface area contributed by atoms with Crippen LogP contribution in [0, 0.1) is 19.8 Å². The van der Waals surface area contributed by atoms with Crippen LogP contribution < -0.4 is 10.6 Å². The third-order valence-corrected chi connectivity index (χ3v) is 4.42. The Balaban J connectivity index is 1.81. The molecule has 0 unspecified atom stereocenters. The first kappa shape index (κ1) is 14.1. The van der Waals surface area contributed by atoms with Crippen molar-refractivity contribution in [3.63, 3.8) is 0 Å². The molecule has 112 valence electrons. The van der Waals surface area contributed by atoms with Crippen molar-refractivity contribution in [2.24, 2.45) is 11.7 Å². The molecule has 21 heavy (non-hydrogen) atoms. The summed E-state index contributed by atoms with van der Waals surface area (Å²) in [5.41, 5.74) is 9.35. The number of hydrogen-bond donors (Lipinski definition) is 2. The standard InChI is InChI=1S/C16H23N5/c1-11-4-3-5-12(2)14(11)15-18-16(20-19-15)21-8-6-13(10-17)7-9-21/h3-5,13H,6-10,17H2,1-2H3,(H,18,19,20). The fourth-order valence-electron chi connectivity index (χ4n) is 3.06. The van der Waals surface area contributed by atoms with E-state index in [0.29, 0.717) is 5.92 Å². The number of aromatic amines is 1. The highest BCUT2D eigenvalue weighted by atomic mass is 15.4. The first-order chi connectivity index (χ1) is 10.2. The summed E-state index contributed by atoms with van der Waals surface area (Å²) in [6.45, 7) is 6.99. The molecule has 5 nitrogen and oxygen atoms in total. The monoisotopic (exact) mass is 285 g/mol. The van der Waals surface area contributed by atoms with E-state index in [4.69, 9.17) is 10.7 Å². The molecule has 5 heteroatoms. The number of aromatic nitrogens is 3. The van der Waals surface area contributed by atoms with Crippen LogP contribution in [0.15, 0.2) is 18.2 Å². The molecule has 0 bridgehead atoms. The molecular formula is C16H23N5. The highest BCUT2D eigenvalue weighted by Gasteiger charge is 2.21. The number of aryl methyl sites for hydroxylation is 2. The van der Waals surface area contributed by atoms with Crippen LogP contribution in [0.25, 0.3) is 11.4 Å². The largest absolute Gasteiger partial charge is 0.340 e.